The smallest absolute Gasteiger partial charge is 0.222 e. The Hall–Kier alpha value is -2.84. The van der Waals surface area contributed by atoms with Gasteiger partial charge >= 0.3 is 0 Å². The fourth-order valence-electron chi connectivity index (χ4n) is 5.84. The Morgan fingerprint density at radius 3 is 2.46 bits per heavy atom. The molecular formula is C27H28F3N3O2. The number of aromatic amines is 1. The average Bonchev–Trinajstić information content (AvgIpc) is 3.50. The number of hydrogen-bond acceptors (Lipinski definition) is 3. The van der Waals surface area contributed by atoms with Gasteiger partial charge in [-0.15, -0.1) is 0 Å². The lowest BCUT2D eigenvalue weighted by atomic mass is 9.74. The number of aromatic nitrogens is 1. The lowest BCUT2D eigenvalue weighted by molar-refractivity contribution is -0.124. The third-order valence-electron chi connectivity index (χ3n) is 7.91. The number of amides is 1. The van der Waals surface area contributed by atoms with E-state index < -0.39 is 11.6 Å². The lowest BCUT2D eigenvalue weighted by Gasteiger charge is -2.38. The second-order valence-electron chi connectivity index (χ2n) is 10.2. The molecule has 2 heterocycles. The average molecular weight is 484 g/mol. The van der Waals surface area contributed by atoms with Gasteiger partial charge in [-0.3, -0.25) is 9.69 Å². The summed E-state index contributed by atoms with van der Waals surface area (Å²) in [6.07, 6.45) is 3.96. The van der Waals surface area contributed by atoms with E-state index in [1.54, 1.807) is 12.1 Å². The molecule has 35 heavy (non-hydrogen) atoms. The minimum Gasteiger partial charge on any atom is -0.379 e. The molecule has 184 valence electrons. The van der Waals surface area contributed by atoms with Crippen LogP contribution in [0.1, 0.15) is 43.6 Å². The topological polar surface area (TPSA) is 57.4 Å². The maximum atomic E-state index is 14.6. The van der Waals surface area contributed by atoms with Crippen LogP contribution in [0.5, 0.6) is 0 Å². The number of benzene rings is 2. The van der Waals surface area contributed by atoms with Gasteiger partial charge in [-0.25, -0.2) is 13.2 Å². The Morgan fingerprint density at radius 1 is 1.06 bits per heavy atom. The van der Waals surface area contributed by atoms with Gasteiger partial charge in [0.25, 0.3) is 0 Å². The molecule has 0 bridgehead atoms. The number of carbonyl (C=O) groups excluding carboxylic acids is 1. The number of carbonyl (C=O) groups is 1. The summed E-state index contributed by atoms with van der Waals surface area (Å²) in [4.78, 5) is 18.4. The summed E-state index contributed by atoms with van der Waals surface area (Å²) in [5, 5.41) is 3.68. The first-order valence-corrected chi connectivity index (χ1v) is 12.3. The second-order valence-corrected chi connectivity index (χ2v) is 10.2. The van der Waals surface area contributed by atoms with Crippen LogP contribution in [-0.2, 0) is 9.53 Å². The van der Waals surface area contributed by atoms with Gasteiger partial charge in [0.1, 0.15) is 17.5 Å². The number of rotatable bonds is 6. The zero-order valence-electron chi connectivity index (χ0n) is 19.4. The highest BCUT2D eigenvalue weighted by atomic mass is 19.1. The van der Waals surface area contributed by atoms with E-state index in [9.17, 15) is 18.0 Å². The first-order chi connectivity index (χ1) is 16.9. The van der Waals surface area contributed by atoms with Crippen molar-refractivity contribution >= 4 is 16.8 Å². The van der Waals surface area contributed by atoms with Gasteiger partial charge in [0.05, 0.1) is 24.4 Å². The zero-order valence-corrected chi connectivity index (χ0v) is 19.4. The van der Waals surface area contributed by atoms with Crippen molar-refractivity contribution in [2.24, 2.45) is 0 Å². The Morgan fingerprint density at radius 2 is 1.77 bits per heavy atom. The third kappa shape index (κ3) is 4.23. The molecule has 1 saturated heterocycles. The van der Waals surface area contributed by atoms with Gasteiger partial charge in [0.2, 0.25) is 5.91 Å². The summed E-state index contributed by atoms with van der Waals surface area (Å²) in [6, 6.07) is 8.22. The fraction of sp³-hybridized carbons (Fsp3) is 0.444. The van der Waals surface area contributed by atoms with E-state index in [0.29, 0.717) is 35.9 Å². The summed E-state index contributed by atoms with van der Waals surface area (Å²) in [7, 11) is 0. The number of nitrogens with zero attached hydrogens (tertiary/aromatic N) is 1. The van der Waals surface area contributed by atoms with Crippen molar-refractivity contribution in [1.29, 1.82) is 0 Å². The highest BCUT2D eigenvalue weighted by Gasteiger charge is 2.50. The standard InChI is InChI=1S/C27H28F3N3O2/c28-18-3-1-16(2-4-18)25-24(21-13-19(29)14-22(30)26(21)32-25)17-11-20(12-17)31-23(34)15-27(5-6-27)33-7-9-35-10-8-33/h1-4,13-14,17,20,32H,5-12,15H2,(H,31,34). The van der Waals surface area contributed by atoms with Gasteiger partial charge in [0.15, 0.2) is 0 Å². The van der Waals surface area contributed by atoms with Crippen LogP contribution >= 0.6 is 0 Å². The van der Waals surface area contributed by atoms with Crippen molar-refractivity contribution in [3.05, 3.63) is 59.4 Å². The fourth-order valence-corrected chi connectivity index (χ4v) is 5.84. The van der Waals surface area contributed by atoms with Crippen molar-refractivity contribution in [2.45, 2.75) is 49.6 Å². The van der Waals surface area contributed by atoms with E-state index in [4.69, 9.17) is 4.74 Å². The van der Waals surface area contributed by atoms with Gasteiger partial charge in [-0.05, 0) is 73.1 Å². The molecule has 0 spiro atoms. The largest absolute Gasteiger partial charge is 0.379 e. The monoisotopic (exact) mass is 483 g/mol. The summed E-state index contributed by atoms with van der Waals surface area (Å²) in [5.74, 6) is -1.56. The van der Waals surface area contributed by atoms with Gasteiger partial charge in [0, 0.05) is 42.5 Å². The zero-order chi connectivity index (χ0) is 24.2. The van der Waals surface area contributed by atoms with Crippen LogP contribution in [0.15, 0.2) is 36.4 Å². The van der Waals surface area contributed by atoms with E-state index in [1.807, 2.05) is 0 Å². The number of fused-ring (bicyclic) bond motifs is 1. The molecule has 0 unspecified atom stereocenters. The van der Waals surface area contributed by atoms with Crippen LogP contribution in [0, 0.1) is 17.5 Å². The first-order valence-electron chi connectivity index (χ1n) is 12.3. The van der Waals surface area contributed by atoms with Crippen LogP contribution in [0.2, 0.25) is 0 Å². The Kier molecular flexibility index (Phi) is 5.60. The van der Waals surface area contributed by atoms with Gasteiger partial charge in [-0.1, -0.05) is 0 Å². The summed E-state index contributed by atoms with van der Waals surface area (Å²) >= 11 is 0. The molecule has 2 aliphatic carbocycles. The summed E-state index contributed by atoms with van der Waals surface area (Å²) < 4.78 is 47.6. The predicted molar refractivity (Wildman–Crippen MR) is 126 cm³/mol. The predicted octanol–water partition coefficient (Wildman–Crippen LogP) is 4.87. The first kappa shape index (κ1) is 22.6. The molecule has 0 radical (unpaired) electrons. The Balaban J connectivity index is 1.19. The molecule has 2 saturated carbocycles. The number of nitrogens with one attached hydrogen (secondary N) is 2. The SMILES string of the molecule is O=C(CC1(N2CCOCC2)CC1)NC1CC(c2c(-c3ccc(F)cc3)[nH]c3c(F)cc(F)cc23)C1. The van der Waals surface area contributed by atoms with Crippen molar-refractivity contribution in [3.8, 4) is 11.3 Å². The molecule has 8 heteroatoms. The van der Waals surface area contributed by atoms with Crippen molar-refractivity contribution in [1.82, 2.24) is 15.2 Å². The van der Waals surface area contributed by atoms with E-state index in [0.717, 1.165) is 50.8 Å². The molecule has 2 aromatic carbocycles. The minimum absolute atomic E-state index is 0.0152. The Bertz CT molecular complexity index is 1260. The molecule has 1 aliphatic heterocycles. The lowest BCUT2D eigenvalue weighted by Crippen LogP contribution is -2.49. The van der Waals surface area contributed by atoms with Crippen molar-refractivity contribution in [2.75, 3.05) is 26.3 Å². The molecular weight excluding hydrogens is 455 g/mol. The molecule has 2 N–H and O–H groups in total. The molecule has 1 amide bonds. The molecule has 3 fully saturated rings. The number of ether oxygens (including phenoxy) is 1. The molecule has 5 nitrogen and oxygen atoms in total. The van der Waals surface area contributed by atoms with Gasteiger partial charge in [-0.2, -0.15) is 0 Å². The second kappa shape index (κ2) is 8.68. The minimum atomic E-state index is -0.656. The van der Waals surface area contributed by atoms with E-state index in [2.05, 4.69) is 15.2 Å². The van der Waals surface area contributed by atoms with E-state index in [1.165, 1.54) is 18.2 Å². The van der Waals surface area contributed by atoms with Gasteiger partial charge < -0.3 is 15.0 Å². The van der Waals surface area contributed by atoms with E-state index >= 15 is 0 Å². The molecule has 6 rings (SSSR count). The molecule has 1 aromatic heterocycles. The van der Waals surface area contributed by atoms with Crippen LogP contribution in [-0.4, -0.2) is 53.7 Å². The summed E-state index contributed by atoms with van der Waals surface area (Å²) in [5.41, 5.74) is 2.44. The highest BCUT2D eigenvalue weighted by molar-refractivity contribution is 5.92. The summed E-state index contributed by atoms with van der Waals surface area (Å²) in [6.45, 7) is 3.18. The normalized spacial score (nSPS) is 23.7. The maximum Gasteiger partial charge on any atom is 0.222 e. The molecule has 3 aromatic rings. The third-order valence-corrected chi connectivity index (χ3v) is 7.91. The number of hydrogen-bond donors (Lipinski definition) is 2. The maximum absolute atomic E-state index is 14.6. The highest BCUT2D eigenvalue weighted by Crippen LogP contribution is 2.47. The number of H-pyrrole nitrogens is 1. The van der Waals surface area contributed by atoms with Crippen LogP contribution in [0.25, 0.3) is 22.2 Å². The number of morpholine rings is 1. The number of halogens is 3. The quantitative estimate of drug-likeness (QED) is 0.526. The molecule has 0 atom stereocenters. The Labute approximate surface area is 201 Å². The van der Waals surface area contributed by atoms with Crippen LogP contribution in [0.4, 0.5) is 13.2 Å². The van der Waals surface area contributed by atoms with Crippen molar-refractivity contribution < 1.29 is 22.7 Å². The van der Waals surface area contributed by atoms with Crippen LogP contribution in [0.3, 0.4) is 0 Å². The van der Waals surface area contributed by atoms with E-state index in [-0.39, 0.29) is 34.7 Å². The molecule has 3 aliphatic rings. The van der Waals surface area contributed by atoms with Crippen LogP contribution < -0.4 is 5.32 Å². The van der Waals surface area contributed by atoms with Crippen molar-refractivity contribution in [3.63, 3.8) is 0 Å².